The van der Waals surface area contributed by atoms with Crippen molar-refractivity contribution in [3.63, 3.8) is 0 Å². The summed E-state index contributed by atoms with van der Waals surface area (Å²) in [7, 11) is -2.89. The highest BCUT2D eigenvalue weighted by Crippen LogP contribution is 2.23. The fourth-order valence-electron chi connectivity index (χ4n) is 2.09. The van der Waals surface area contributed by atoms with Crippen molar-refractivity contribution in [1.82, 2.24) is 5.32 Å². The second-order valence-corrected chi connectivity index (χ2v) is 6.70. The summed E-state index contributed by atoms with van der Waals surface area (Å²) >= 11 is 0. The van der Waals surface area contributed by atoms with E-state index >= 15 is 0 Å². The molecule has 0 radical (unpaired) electrons. The van der Waals surface area contributed by atoms with Crippen LogP contribution in [0.5, 0.6) is 0 Å². The Morgan fingerprint density at radius 1 is 1.47 bits per heavy atom. The fraction of sp³-hybridized carbons (Fsp3) is 0.818. The van der Waals surface area contributed by atoms with E-state index in [4.69, 9.17) is 6.42 Å². The molecule has 1 fully saturated rings. The lowest BCUT2D eigenvalue weighted by Crippen LogP contribution is -2.42. The van der Waals surface area contributed by atoms with Crippen LogP contribution >= 0.6 is 0 Å². The van der Waals surface area contributed by atoms with Crippen LogP contribution < -0.4 is 5.32 Å². The third-order valence-corrected chi connectivity index (χ3v) is 4.61. The second-order valence-electron chi connectivity index (χ2n) is 4.37. The molecule has 0 spiro atoms. The summed E-state index contributed by atoms with van der Waals surface area (Å²) in [5.74, 6) is 2.61. The van der Waals surface area contributed by atoms with Gasteiger partial charge in [-0.05, 0) is 26.2 Å². The van der Waals surface area contributed by atoms with Crippen LogP contribution in [0, 0.1) is 12.3 Å². The van der Waals surface area contributed by atoms with E-state index in [0.717, 1.165) is 19.3 Å². The van der Waals surface area contributed by atoms with E-state index in [2.05, 4.69) is 11.2 Å². The first-order valence-electron chi connectivity index (χ1n) is 5.34. The number of hydrogen-bond acceptors (Lipinski definition) is 3. The minimum absolute atomic E-state index is 0.0216. The van der Waals surface area contributed by atoms with Crippen LogP contribution in [0.1, 0.15) is 32.6 Å². The van der Waals surface area contributed by atoms with Crippen molar-refractivity contribution in [1.29, 1.82) is 0 Å². The van der Waals surface area contributed by atoms with E-state index in [9.17, 15) is 8.42 Å². The van der Waals surface area contributed by atoms with E-state index in [-0.39, 0.29) is 17.3 Å². The minimum Gasteiger partial charge on any atom is -0.301 e. The predicted molar refractivity (Wildman–Crippen MR) is 62.3 cm³/mol. The Morgan fingerprint density at radius 2 is 2.13 bits per heavy atom. The molecule has 1 rings (SSSR count). The summed E-state index contributed by atoms with van der Waals surface area (Å²) < 4.78 is 22.8. The Labute approximate surface area is 92.6 Å². The van der Waals surface area contributed by atoms with Gasteiger partial charge in [0.2, 0.25) is 0 Å². The third kappa shape index (κ3) is 3.84. The zero-order chi connectivity index (χ0) is 11.5. The Bertz CT molecular complexity index is 342. The normalized spacial score (nSPS) is 29.4. The Kier molecular flexibility index (Phi) is 4.18. The largest absolute Gasteiger partial charge is 0.301 e. The molecule has 0 amide bonds. The maximum atomic E-state index is 11.4. The maximum absolute atomic E-state index is 11.4. The average Bonchev–Trinajstić information content (AvgIpc) is 2.17. The first-order valence-corrected chi connectivity index (χ1v) is 7.30. The number of terminal acetylenes is 1. The highest BCUT2D eigenvalue weighted by molar-refractivity contribution is 7.91. The molecule has 1 aliphatic rings. The molecule has 1 aliphatic carbocycles. The van der Waals surface area contributed by atoms with Crippen LogP contribution in [0.2, 0.25) is 0 Å². The quantitative estimate of drug-likeness (QED) is 0.733. The Balaban J connectivity index is 2.54. The standard InChI is InChI=1S/C11H19NO2S/c1-4-9(2)12-10-6-5-7-11(8-10)15(3,13)14/h1,9-12H,5-8H2,2-3H3. The monoisotopic (exact) mass is 229 g/mol. The van der Waals surface area contributed by atoms with Crippen molar-refractivity contribution in [2.24, 2.45) is 0 Å². The van der Waals surface area contributed by atoms with E-state index in [1.807, 2.05) is 6.92 Å². The van der Waals surface area contributed by atoms with Crippen molar-refractivity contribution in [2.75, 3.05) is 6.26 Å². The number of hydrogen-bond donors (Lipinski definition) is 1. The molecule has 0 aromatic heterocycles. The van der Waals surface area contributed by atoms with Gasteiger partial charge >= 0.3 is 0 Å². The van der Waals surface area contributed by atoms with Gasteiger partial charge in [0.05, 0.1) is 11.3 Å². The summed E-state index contributed by atoms with van der Waals surface area (Å²) in [5.41, 5.74) is 0. The van der Waals surface area contributed by atoms with E-state index in [0.29, 0.717) is 6.42 Å². The Morgan fingerprint density at radius 3 is 2.67 bits per heavy atom. The molecule has 0 saturated heterocycles. The highest BCUT2D eigenvalue weighted by Gasteiger charge is 2.28. The van der Waals surface area contributed by atoms with Crippen molar-refractivity contribution >= 4 is 9.84 Å². The molecule has 0 aromatic rings. The average molecular weight is 229 g/mol. The molecule has 1 saturated carbocycles. The van der Waals surface area contributed by atoms with Gasteiger partial charge in [-0.1, -0.05) is 12.3 Å². The smallest absolute Gasteiger partial charge is 0.150 e. The zero-order valence-corrected chi connectivity index (χ0v) is 10.2. The molecular formula is C11H19NO2S. The maximum Gasteiger partial charge on any atom is 0.150 e. The summed E-state index contributed by atoms with van der Waals surface area (Å²) in [6, 6.07) is 0.276. The third-order valence-electron chi connectivity index (χ3n) is 2.97. The van der Waals surface area contributed by atoms with Crippen LogP contribution in [0.4, 0.5) is 0 Å². The highest BCUT2D eigenvalue weighted by atomic mass is 32.2. The second kappa shape index (κ2) is 5.00. The summed E-state index contributed by atoms with van der Waals surface area (Å²) in [5, 5.41) is 3.08. The molecule has 4 heteroatoms. The molecule has 3 atom stereocenters. The lowest BCUT2D eigenvalue weighted by molar-refractivity contribution is 0.363. The molecular weight excluding hydrogens is 210 g/mol. The van der Waals surface area contributed by atoms with Crippen molar-refractivity contribution in [2.45, 2.75) is 49.9 Å². The molecule has 0 aliphatic heterocycles. The number of sulfone groups is 1. The summed E-state index contributed by atoms with van der Waals surface area (Å²) in [6.07, 6.45) is 10.1. The topological polar surface area (TPSA) is 46.2 Å². The number of rotatable bonds is 3. The first-order chi connectivity index (χ1) is 6.93. The van der Waals surface area contributed by atoms with Crippen molar-refractivity contribution in [3.8, 4) is 12.3 Å². The molecule has 0 aromatic carbocycles. The van der Waals surface area contributed by atoms with Gasteiger partial charge in [-0.15, -0.1) is 6.42 Å². The minimum atomic E-state index is -2.89. The zero-order valence-electron chi connectivity index (χ0n) is 9.36. The van der Waals surface area contributed by atoms with Crippen LogP contribution in [0.15, 0.2) is 0 Å². The van der Waals surface area contributed by atoms with Crippen molar-refractivity contribution in [3.05, 3.63) is 0 Å². The van der Waals surface area contributed by atoms with Crippen LogP contribution in [-0.2, 0) is 9.84 Å². The van der Waals surface area contributed by atoms with Gasteiger partial charge in [0.1, 0.15) is 9.84 Å². The van der Waals surface area contributed by atoms with E-state index in [1.165, 1.54) is 6.26 Å². The summed E-state index contributed by atoms with van der Waals surface area (Å²) in [6.45, 7) is 1.92. The van der Waals surface area contributed by atoms with Crippen molar-refractivity contribution < 1.29 is 8.42 Å². The van der Waals surface area contributed by atoms with E-state index in [1.54, 1.807) is 0 Å². The molecule has 0 heterocycles. The van der Waals surface area contributed by atoms with Crippen LogP contribution in [0.25, 0.3) is 0 Å². The van der Waals surface area contributed by atoms with Gasteiger partial charge in [0, 0.05) is 12.3 Å². The van der Waals surface area contributed by atoms with Gasteiger partial charge in [-0.25, -0.2) is 8.42 Å². The van der Waals surface area contributed by atoms with Gasteiger partial charge in [0.15, 0.2) is 0 Å². The number of nitrogens with one attached hydrogen (secondary N) is 1. The van der Waals surface area contributed by atoms with Crippen LogP contribution in [-0.4, -0.2) is 32.0 Å². The van der Waals surface area contributed by atoms with Crippen LogP contribution in [0.3, 0.4) is 0 Å². The lowest BCUT2D eigenvalue weighted by Gasteiger charge is -2.29. The molecule has 86 valence electrons. The molecule has 3 unspecified atom stereocenters. The molecule has 1 N–H and O–H groups in total. The van der Waals surface area contributed by atoms with Gasteiger partial charge < -0.3 is 5.32 Å². The lowest BCUT2D eigenvalue weighted by atomic mass is 9.94. The Hall–Kier alpha value is -0.530. The molecule has 0 bridgehead atoms. The first kappa shape index (κ1) is 12.5. The van der Waals surface area contributed by atoms with Gasteiger partial charge in [0.25, 0.3) is 0 Å². The SMILES string of the molecule is C#CC(C)NC1CCCC(S(C)(=O)=O)C1. The van der Waals surface area contributed by atoms with Gasteiger partial charge in [-0.3, -0.25) is 0 Å². The predicted octanol–water partition coefficient (Wildman–Crippen LogP) is 0.954. The summed E-state index contributed by atoms with van der Waals surface area (Å²) in [4.78, 5) is 0. The fourth-order valence-corrected chi connectivity index (χ4v) is 3.26. The van der Waals surface area contributed by atoms with Gasteiger partial charge in [-0.2, -0.15) is 0 Å². The molecule has 15 heavy (non-hydrogen) atoms. The van der Waals surface area contributed by atoms with E-state index < -0.39 is 9.84 Å². The molecule has 3 nitrogen and oxygen atoms in total.